The summed E-state index contributed by atoms with van der Waals surface area (Å²) >= 11 is 2.92. The van der Waals surface area contributed by atoms with Crippen LogP contribution in [0.25, 0.3) is 20.4 Å². The van der Waals surface area contributed by atoms with Gasteiger partial charge in [0.1, 0.15) is 0 Å². The van der Waals surface area contributed by atoms with E-state index in [0.29, 0.717) is 11.3 Å². The zero-order chi connectivity index (χ0) is 19.9. The highest BCUT2D eigenvalue weighted by molar-refractivity contribution is 7.85. The number of thiazole rings is 2. The van der Waals surface area contributed by atoms with Gasteiger partial charge in [-0.2, -0.15) is 8.42 Å². The lowest BCUT2D eigenvalue weighted by molar-refractivity contribution is 0.483. The molecule has 0 saturated carbocycles. The highest BCUT2D eigenvalue weighted by Gasteiger charge is 2.13. The van der Waals surface area contributed by atoms with Crippen molar-refractivity contribution in [3.8, 4) is 0 Å². The lowest BCUT2D eigenvalue weighted by atomic mass is 10.3. The molecule has 4 aromatic rings. The number of rotatable bonds is 4. The van der Waals surface area contributed by atoms with Crippen LogP contribution in [0.2, 0.25) is 0 Å². The molecule has 10 heteroatoms. The first-order chi connectivity index (χ1) is 13.4. The molecule has 0 aliphatic heterocycles. The number of hydrogen-bond acceptors (Lipinski definition) is 6. The van der Waals surface area contributed by atoms with Gasteiger partial charge in [0.2, 0.25) is 9.60 Å². The molecule has 0 aliphatic carbocycles. The van der Waals surface area contributed by atoms with E-state index in [4.69, 9.17) is 0 Å². The van der Waals surface area contributed by atoms with Gasteiger partial charge in [0.25, 0.3) is 10.1 Å². The molecule has 28 heavy (non-hydrogen) atoms. The Morgan fingerprint density at radius 2 is 1.46 bits per heavy atom. The van der Waals surface area contributed by atoms with Crippen LogP contribution in [0.3, 0.4) is 0 Å². The summed E-state index contributed by atoms with van der Waals surface area (Å²) in [7, 11) is -4.24. The number of para-hydroxylation sites is 1. The van der Waals surface area contributed by atoms with Gasteiger partial charge >= 0.3 is 0 Å². The van der Waals surface area contributed by atoms with Gasteiger partial charge in [0.05, 0.1) is 25.3 Å². The van der Waals surface area contributed by atoms with Gasteiger partial charge in [0, 0.05) is 13.1 Å². The van der Waals surface area contributed by atoms with Crippen LogP contribution >= 0.6 is 22.7 Å². The molecule has 0 spiro atoms. The Hall–Kier alpha value is -2.27. The third-order valence-electron chi connectivity index (χ3n) is 4.39. The molecule has 2 aromatic carbocycles. The van der Waals surface area contributed by atoms with Crippen molar-refractivity contribution in [2.75, 3.05) is 0 Å². The number of aryl methyl sites for hydroxylation is 2. The summed E-state index contributed by atoms with van der Waals surface area (Å²) in [5.74, 6) is 0. The Labute approximate surface area is 169 Å². The van der Waals surface area contributed by atoms with Gasteiger partial charge < -0.3 is 9.13 Å². The highest BCUT2D eigenvalue weighted by Crippen LogP contribution is 2.22. The van der Waals surface area contributed by atoms with E-state index in [1.807, 2.05) is 23.6 Å². The van der Waals surface area contributed by atoms with E-state index >= 15 is 0 Å². The Kier molecular flexibility index (Phi) is 4.96. The number of benzene rings is 2. The molecule has 0 aliphatic rings. The second-order valence-electron chi connectivity index (χ2n) is 6.03. The Morgan fingerprint density at radius 1 is 0.893 bits per heavy atom. The third kappa shape index (κ3) is 3.32. The minimum atomic E-state index is -4.24. The fraction of sp³-hybridized carbons (Fsp3) is 0.222. The van der Waals surface area contributed by atoms with Gasteiger partial charge in [-0.25, -0.2) is 0 Å². The second kappa shape index (κ2) is 7.28. The van der Waals surface area contributed by atoms with E-state index < -0.39 is 10.1 Å². The molecule has 2 aromatic heterocycles. The molecular formula is C18H18N4O3S3. The molecule has 7 nitrogen and oxygen atoms in total. The Morgan fingerprint density at radius 3 is 2.07 bits per heavy atom. The zero-order valence-electron chi connectivity index (χ0n) is 15.2. The van der Waals surface area contributed by atoms with E-state index in [1.165, 1.54) is 23.5 Å². The van der Waals surface area contributed by atoms with E-state index in [1.54, 1.807) is 17.4 Å². The van der Waals surface area contributed by atoms with Crippen molar-refractivity contribution in [2.24, 2.45) is 10.2 Å². The third-order valence-corrected chi connectivity index (χ3v) is 7.32. The molecule has 2 heterocycles. The summed E-state index contributed by atoms with van der Waals surface area (Å²) in [4.78, 5) is 1.36. The normalized spacial score (nSPS) is 13.8. The highest BCUT2D eigenvalue weighted by atomic mass is 32.2. The lowest BCUT2D eigenvalue weighted by Crippen LogP contribution is -2.16. The maximum atomic E-state index is 11.4. The summed E-state index contributed by atoms with van der Waals surface area (Å²) < 4.78 is 38.1. The standard InChI is InChI=1S/C18H18N4O3S3/c1-3-21-13-7-5-6-8-15(13)26-17(21)19-20-18-22(4-2)14-10-9-12(28(23,24)25)11-16(14)27-18/h5-11H,3-4H2,1-2H3,(H,23,24,25)/b19-17+,20-18+. The number of aromatic nitrogens is 2. The smallest absolute Gasteiger partial charge is 0.294 e. The molecule has 1 N–H and O–H groups in total. The van der Waals surface area contributed by atoms with Crippen molar-refractivity contribution in [1.29, 1.82) is 0 Å². The van der Waals surface area contributed by atoms with Gasteiger partial charge in [-0.1, -0.05) is 34.8 Å². The van der Waals surface area contributed by atoms with Crippen molar-refractivity contribution in [1.82, 2.24) is 9.13 Å². The molecule has 0 radical (unpaired) electrons. The van der Waals surface area contributed by atoms with Crippen LogP contribution in [0.1, 0.15) is 13.8 Å². The van der Waals surface area contributed by atoms with Gasteiger partial charge in [-0.3, -0.25) is 4.55 Å². The average molecular weight is 435 g/mol. The van der Waals surface area contributed by atoms with Crippen LogP contribution in [0.4, 0.5) is 0 Å². The molecule has 0 unspecified atom stereocenters. The summed E-state index contributed by atoms with van der Waals surface area (Å²) in [6, 6.07) is 12.7. The van der Waals surface area contributed by atoms with E-state index in [0.717, 1.165) is 31.8 Å². The van der Waals surface area contributed by atoms with Crippen molar-refractivity contribution in [3.05, 3.63) is 52.1 Å². The van der Waals surface area contributed by atoms with E-state index in [2.05, 4.69) is 33.8 Å². The maximum Gasteiger partial charge on any atom is 0.294 e. The molecule has 0 amide bonds. The second-order valence-corrected chi connectivity index (χ2v) is 9.47. The predicted molar refractivity (Wildman–Crippen MR) is 112 cm³/mol. The molecule has 146 valence electrons. The summed E-state index contributed by atoms with van der Waals surface area (Å²) in [5.41, 5.74) is 1.98. The predicted octanol–water partition coefficient (Wildman–Crippen LogP) is 3.42. The maximum absolute atomic E-state index is 11.4. The molecule has 4 rings (SSSR count). The van der Waals surface area contributed by atoms with Crippen molar-refractivity contribution >= 4 is 53.2 Å². The van der Waals surface area contributed by atoms with Crippen molar-refractivity contribution < 1.29 is 13.0 Å². The van der Waals surface area contributed by atoms with Crippen molar-refractivity contribution in [2.45, 2.75) is 31.8 Å². The van der Waals surface area contributed by atoms with Crippen LogP contribution in [0.5, 0.6) is 0 Å². The Balaban J connectivity index is 1.94. The van der Waals surface area contributed by atoms with Crippen LogP contribution in [0, 0.1) is 0 Å². The van der Waals surface area contributed by atoms with E-state index in [9.17, 15) is 13.0 Å². The topological polar surface area (TPSA) is 88.9 Å². The molecule has 0 fully saturated rings. The minimum Gasteiger partial charge on any atom is -0.315 e. The summed E-state index contributed by atoms with van der Waals surface area (Å²) in [5, 5.41) is 8.95. The first-order valence-electron chi connectivity index (χ1n) is 8.69. The fourth-order valence-corrected chi connectivity index (χ4v) is 5.80. The van der Waals surface area contributed by atoms with Gasteiger partial charge in [0.15, 0.2) is 0 Å². The summed E-state index contributed by atoms with van der Waals surface area (Å²) in [6.07, 6.45) is 0. The van der Waals surface area contributed by atoms with Gasteiger partial charge in [-0.15, -0.1) is 10.2 Å². The number of hydrogen-bond donors (Lipinski definition) is 1. The Bertz CT molecular complexity index is 1420. The zero-order valence-corrected chi connectivity index (χ0v) is 17.7. The molecule has 0 saturated heterocycles. The largest absolute Gasteiger partial charge is 0.315 e. The van der Waals surface area contributed by atoms with Crippen LogP contribution in [0.15, 0.2) is 57.6 Å². The van der Waals surface area contributed by atoms with Crippen LogP contribution in [-0.4, -0.2) is 22.1 Å². The lowest BCUT2D eigenvalue weighted by Gasteiger charge is -2.01. The summed E-state index contributed by atoms with van der Waals surface area (Å²) in [6.45, 7) is 5.52. The number of fused-ring (bicyclic) bond motifs is 2. The van der Waals surface area contributed by atoms with Crippen molar-refractivity contribution in [3.63, 3.8) is 0 Å². The van der Waals surface area contributed by atoms with Crippen LogP contribution < -0.4 is 9.60 Å². The minimum absolute atomic E-state index is 0.124. The van der Waals surface area contributed by atoms with Crippen LogP contribution in [-0.2, 0) is 23.2 Å². The first-order valence-corrected chi connectivity index (χ1v) is 11.8. The fourth-order valence-electron chi connectivity index (χ4n) is 3.08. The number of nitrogens with zero attached hydrogens (tertiary/aromatic N) is 4. The first kappa shape index (κ1) is 19.1. The molecular weight excluding hydrogens is 416 g/mol. The SMILES string of the molecule is CCn1/c(=N\N=c2\sc3cc(S(=O)(=O)O)ccc3n2CC)sc2ccccc21. The van der Waals surface area contributed by atoms with Gasteiger partial charge in [-0.05, 0) is 44.2 Å². The molecule has 0 bridgehead atoms. The van der Waals surface area contributed by atoms with E-state index in [-0.39, 0.29) is 4.90 Å². The average Bonchev–Trinajstić information content (AvgIpc) is 3.21. The molecule has 0 atom stereocenters. The quantitative estimate of drug-likeness (QED) is 0.394. The monoisotopic (exact) mass is 434 g/mol.